The summed E-state index contributed by atoms with van der Waals surface area (Å²) in [5.41, 5.74) is -0.376. The quantitative estimate of drug-likeness (QED) is 0.343. The van der Waals surface area contributed by atoms with Gasteiger partial charge in [-0.1, -0.05) is 23.2 Å². The van der Waals surface area contributed by atoms with Crippen LogP contribution in [0.2, 0.25) is 10.0 Å². The monoisotopic (exact) mass is 469 g/mol. The van der Waals surface area contributed by atoms with Gasteiger partial charge in [-0.15, -0.1) is 0 Å². The van der Waals surface area contributed by atoms with E-state index in [1.54, 1.807) is 0 Å². The van der Waals surface area contributed by atoms with Crippen LogP contribution in [0.15, 0.2) is 36.4 Å². The SMILES string of the molecule is COc1ccc(NC(=O)C(C)OC(=O)CNC(=O)c2ccc(Cl)cc2Cl)c([N+](=O)[O-])c1. The highest BCUT2D eigenvalue weighted by Gasteiger charge is 2.23. The summed E-state index contributed by atoms with van der Waals surface area (Å²) < 4.78 is 9.87. The molecule has 2 aromatic carbocycles. The number of nitrogens with zero attached hydrogens (tertiary/aromatic N) is 1. The number of benzene rings is 2. The van der Waals surface area contributed by atoms with Crippen LogP contribution in [0.25, 0.3) is 0 Å². The van der Waals surface area contributed by atoms with Gasteiger partial charge in [-0.2, -0.15) is 0 Å². The molecule has 0 fully saturated rings. The van der Waals surface area contributed by atoms with Crippen LogP contribution < -0.4 is 15.4 Å². The van der Waals surface area contributed by atoms with E-state index in [9.17, 15) is 24.5 Å². The number of amides is 2. The fourth-order valence-corrected chi connectivity index (χ4v) is 2.84. The Kier molecular flexibility index (Phi) is 8.17. The summed E-state index contributed by atoms with van der Waals surface area (Å²) in [6, 6.07) is 8.09. The highest BCUT2D eigenvalue weighted by Crippen LogP contribution is 2.29. The van der Waals surface area contributed by atoms with Gasteiger partial charge in [0.25, 0.3) is 17.5 Å². The van der Waals surface area contributed by atoms with E-state index >= 15 is 0 Å². The number of hydrogen-bond acceptors (Lipinski definition) is 7. The summed E-state index contributed by atoms with van der Waals surface area (Å²) in [6.07, 6.45) is -1.29. The van der Waals surface area contributed by atoms with Crippen LogP contribution in [-0.2, 0) is 14.3 Å². The van der Waals surface area contributed by atoms with Gasteiger partial charge in [-0.25, -0.2) is 0 Å². The number of esters is 1. The third-order valence-corrected chi connectivity index (χ3v) is 4.45. The van der Waals surface area contributed by atoms with E-state index in [2.05, 4.69) is 10.6 Å². The van der Waals surface area contributed by atoms with Gasteiger partial charge in [0.15, 0.2) is 6.10 Å². The number of methoxy groups -OCH3 is 1. The molecule has 0 radical (unpaired) electrons. The molecule has 0 saturated heterocycles. The molecule has 0 heterocycles. The Labute approximate surface area is 186 Å². The molecule has 0 aromatic heterocycles. The second-order valence-corrected chi connectivity index (χ2v) is 6.91. The zero-order valence-corrected chi connectivity index (χ0v) is 17.8. The zero-order chi connectivity index (χ0) is 23.1. The van der Waals surface area contributed by atoms with Crippen LogP contribution in [0.1, 0.15) is 17.3 Å². The highest BCUT2D eigenvalue weighted by molar-refractivity contribution is 6.36. The standard InChI is InChI=1S/C19H17Cl2N3O7/c1-10(18(26)23-15-6-4-12(30-2)8-16(15)24(28)29)31-17(25)9-22-19(27)13-5-3-11(20)7-14(13)21/h3-8,10H,9H2,1-2H3,(H,22,27)(H,23,26). The molecule has 12 heteroatoms. The van der Waals surface area contributed by atoms with Crippen molar-refractivity contribution in [2.75, 3.05) is 19.0 Å². The number of anilines is 1. The molecule has 0 spiro atoms. The molecule has 31 heavy (non-hydrogen) atoms. The highest BCUT2D eigenvalue weighted by atomic mass is 35.5. The zero-order valence-electron chi connectivity index (χ0n) is 16.3. The first kappa shape index (κ1) is 23.9. The number of carbonyl (C=O) groups is 3. The maximum Gasteiger partial charge on any atom is 0.326 e. The first-order valence-electron chi connectivity index (χ1n) is 8.68. The molecule has 0 aliphatic carbocycles. The maximum absolute atomic E-state index is 12.3. The van der Waals surface area contributed by atoms with Crippen molar-refractivity contribution < 1.29 is 28.8 Å². The second-order valence-electron chi connectivity index (χ2n) is 6.07. The first-order chi connectivity index (χ1) is 14.6. The molecular formula is C19H17Cl2N3O7. The molecule has 2 amide bonds. The van der Waals surface area contributed by atoms with E-state index in [1.165, 1.54) is 44.4 Å². The van der Waals surface area contributed by atoms with Gasteiger partial charge in [-0.3, -0.25) is 24.5 Å². The predicted molar refractivity (Wildman–Crippen MR) is 113 cm³/mol. The van der Waals surface area contributed by atoms with Crippen molar-refractivity contribution in [1.29, 1.82) is 0 Å². The van der Waals surface area contributed by atoms with Gasteiger partial charge in [0.05, 0.1) is 28.7 Å². The third kappa shape index (κ3) is 6.56. The molecule has 2 N–H and O–H groups in total. The average molecular weight is 470 g/mol. The minimum atomic E-state index is -1.29. The molecule has 164 valence electrons. The van der Waals surface area contributed by atoms with E-state index in [4.69, 9.17) is 32.7 Å². The number of halogens is 2. The molecule has 10 nitrogen and oxygen atoms in total. The molecular weight excluding hydrogens is 453 g/mol. The number of rotatable bonds is 8. The Bertz CT molecular complexity index is 1030. The molecule has 0 bridgehead atoms. The fraction of sp³-hybridized carbons (Fsp3) is 0.211. The predicted octanol–water partition coefficient (Wildman–Crippen LogP) is 3.21. The lowest BCUT2D eigenvalue weighted by Gasteiger charge is -2.14. The van der Waals surface area contributed by atoms with Crippen molar-refractivity contribution >= 4 is 52.4 Å². The van der Waals surface area contributed by atoms with Crippen molar-refractivity contribution in [3.63, 3.8) is 0 Å². The maximum atomic E-state index is 12.3. The van der Waals surface area contributed by atoms with E-state index in [-0.39, 0.29) is 22.0 Å². The summed E-state index contributed by atoms with van der Waals surface area (Å²) in [4.78, 5) is 46.8. The number of nitrogens with one attached hydrogen (secondary N) is 2. The van der Waals surface area contributed by atoms with Gasteiger partial charge in [0.1, 0.15) is 18.0 Å². The molecule has 0 aliphatic heterocycles. The van der Waals surface area contributed by atoms with Crippen molar-refractivity contribution in [1.82, 2.24) is 5.32 Å². The summed E-state index contributed by atoms with van der Waals surface area (Å²) in [5, 5.41) is 16.3. The van der Waals surface area contributed by atoms with E-state index in [1.807, 2.05) is 0 Å². The summed E-state index contributed by atoms with van der Waals surface area (Å²) in [6.45, 7) is 0.749. The smallest absolute Gasteiger partial charge is 0.326 e. The topological polar surface area (TPSA) is 137 Å². The molecule has 1 atom stereocenters. The van der Waals surface area contributed by atoms with Gasteiger partial charge in [0, 0.05) is 5.02 Å². The Hall–Kier alpha value is -3.37. The summed E-state index contributed by atoms with van der Waals surface area (Å²) in [5.74, 6) is -2.09. The van der Waals surface area contributed by atoms with Crippen molar-refractivity contribution in [3.8, 4) is 5.75 Å². The van der Waals surface area contributed by atoms with Crippen LogP contribution in [0.5, 0.6) is 5.75 Å². The van der Waals surface area contributed by atoms with Crippen LogP contribution in [0.4, 0.5) is 11.4 Å². The van der Waals surface area contributed by atoms with E-state index in [0.29, 0.717) is 5.02 Å². The third-order valence-electron chi connectivity index (χ3n) is 3.91. The second kappa shape index (κ2) is 10.6. The van der Waals surface area contributed by atoms with E-state index in [0.717, 1.165) is 6.07 Å². The molecule has 0 aliphatic rings. The first-order valence-corrected chi connectivity index (χ1v) is 9.44. The van der Waals surface area contributed by atoms with Crippen LogP contribution >= 0.6 is 23.2 Å². The van der Waals surface area contributed by atoms with Crippen molar-refractivity contribution in [3.05, 3.63) is 62.1 Å². The number of nitro groups is 1. The Morgan fingerprint density at radius 3 is 2.48 bits per heavy atom. The molecule has 0 saturated carbocycles. The van der Waals surface area contributed by atoms with Crippen LogP contribution in [-0.4, -0.2) is 42.5 Å². The van der Waals surface area contributed by atoms with E-state index < -0.39 is 41.0 Å². The van der Waals surface area contributed by atoms with Gasteiger partial charge >= 0.3 is 5.97 Å². The number of hydrogen-bond donors (Lipinski definition) is 2. The Balaban J connectivity index is 1.93. The average Bonchev–Trinajstić information content (AvgIpc) is 2.72. The lowest BCUT2D eigenvalue weighted by atomic mass is 10.2. The van der Waals surface area contributed by atoms with Crippen LogP contribution in [0.3, 0.4) is 0 Å². The Morgan fingerprint density at radius 1 is 1.16 bits per heavy atom. The minimum Gasteiger partial charge on any atom is -0.496 e. The lowest BCUT2D eigenvalue weighted by molar-refractivity contribution is -0.384. The molecule has 2 rings (SSSR count). The number of ether oxygens (including phenoxy) is 2. The number of carbonyl (C=O) groups excluding carboxylic acids is 3. The van der Waals surface area contributed by atoms with Gasteiger partial charge in [0.2, 0.25) is 0 Å². The summed E-state index contributed by atoms with van der Waals surface area (Å²) in [7, 11) is 1.35. The minimum absolute atomic E-state index is 0.0932. The van der Waals surface area contributed by atoms with Gasteiger partial charge < -0.3 is 20.1 Å². The van der Waals surface area contributed by atoms with Crippen LogP contribution in [0, 0.1) is 10.1 Å². The lowest BCUT2D eigenvalue weighted by Crippen LogP contribution is -2.36. The summed E-state index contributed by atoms with van der Waals surface area (Å²) >= 11 is 11.7. The fourth-order valence-electron chi connectivity index (χ4n) is 2.34. The number of nitro benzene ring substituents is 1. The van der Waals surface area contributed by atoms with Gasteiger partial charge in [-0.05, 0) is 37.3 Å². The largest absolute Gasteiger partial charge is 0.496 e. The molecule has 1 unspecified atom stereocenters. The normalized spacial score (nSPS) is 11.2. The van der Waals surface area contributed by atoms with Crippen molar-refractivity contribution in [2.45, 2.75) is 13.0 Å². The Morgan fingerprint density at radius 2 is 1.87 bits per heavy atom. The van der Waals surface area contributed by atoms with Crippen molar-refractivity contribution in [2.24, 2.45) is 0 Å². The molecule has 2 aromatic rings.